The summed E-state index contributed by atoms with van der Waals surface area (Å²) < 4.78 is 0. The number of phenolic OH excluding ortho intramolecular Hbond substituents is 1. The molecule has 1 heterocycles. The summed E-state index contributed by atoms with van der Waals surface area (Å²) in [5.41, 5.74) is 1.31. The highest BCUT2D eigenvalue weighted by Gasteiger charge is 2.20. The number of aromatic hydroxyl groups is 1. The zero-order valence-electron chi connectivity index (χ0n) is 9.82. The molecule has 1 aliphatic heterocycles. The maximum atomic E-state index is 9.30. The smallest absolute Gasteiger partial charge is 0.115 e. The molecule has 1 aliphatic rings. The predicted molar refractivity (Wildman–Crippen MR) is 65.6 cm³/mol. The molecule has 0 saturated carbocycles. The average Bonchev–Trinajstić information content (AvgIpc) is 2.34. The van der Waals surface area contributed by atoms with Crippen molar-refractivity contribution in [1.29, 1.82) is 0 Å². The van der Waals surface area contributed by atoms with E-state index in [2.05, 4.69) is 17.1 Å². The molecular weight excluding hydrogens is 200 g/mol. The van der Waals surface area contributed by atoms with Gasteiger partial charge in [-0.25, -0.2) is 0 Å². The van der Waals surface area contributed by atoms with Crippen molar-refractivity contribution in [3.05, 3.63) is 29.8 Å². The van der Waals surface area contributed by atoms with Gasteiger partial charge in [0, 0.05) is 32.2 Å². The lowest BCUT2D eigenvalue weighted by Gasteiger charge is -2.34. The summed E-state index contributed by atoms with van der Waals surface area (Å²) in [5, 5.41) is 12.7. The minimum atomic E-state index is 0.346. The zero-order chi connectivity index (χ0) is 11.4. The second-order valence-corrected chi connectivity index (χ2v) is 4.30. The molecule has 0 aromatic heterocycles. The van der Waals surface area contributed by atoms with Gasteiger partial charge >= 0.3 is 0 Å². The van der Waals surface area contributed by atoms with Crippen LogP contribution in [0.3, 0.4) is 0 Å². The van der Waals surface area contributed by atoms with Gasteiger partial charge in [-0.1, -0.05) is 19.1 Å². The van der Waals surface area contributed by atoms with E-state index < -0.39 is 0 Å². The lowest BCUT2D eigenvalue weighted by molar-refractivity contribution is 0.169. The highest BCUT2D eigenvalue weighted by atomic mass is 16.3. The third-order valence-corrected chi connectivity index (χ3v) is 3.26. The summed E-state index contributed by atoms with van der Waals surface area (Å²) in [4.78, 5) is 2.52. The lowest BCUT2D eigenvalue weighted by Crippen LogP contribution is -2.45. The fourth-order valence-corrected chi connectivity index (χ4v) is 2.39. The molecule has 1 aromatic rings. The molecule has 3 nitrogen and oxygen atoms in total. The van der Waals surface area contributed by atoms with Crippen LogP contribution >= 0.6 is 0 Å². The van der Waals surface area contributed by atoms with Crippen molar-refractivity contribution in [2.24, 2.45) is 0 Å². The second kappa shape index (κ2) is 5.32. The van der Waals surface area contributed by atoms with Crippen LogP contribution in [0.5, 0.6) is 5.75 Å². The first-order chi connectivity index (χ1) is 7.81. The van der Waals surface area contributed by atoms with E-state index in [1.165, 1.54) is 5.56 Å². The number of nitrogens with zero attached hydrogens (tertiary/aromatic N) is 1. The third-order valence-electron chi connectivity index (χ3n) is 3.26. The minimum absolute atomic E-state index is 0.346. The Morgan fingerprint density at radius 1 is 1.25 bits per heavy atom. The molecule has 0 amide bonds. The molecule has 2 rings (SSSR count). The number of hydrogen-bond acceptors (Lipinski definition) is 3. The highest BCUT2D eigenvalue weighted by molar-refractivity contribution is 5.28. The molecule has 0 spiro atoms. The van der Waals surface area contributed by atoms with Gasteiger partial charge in [0.15, 0.2) is 0 Å². The Morgan fingerprint density at radius 2 is 1.88 bits per heavy atom. The molecular formula is C13H20N2O. The van der Waals surface area contributed by atoms with Gasteiger partial charge in [0.05, 0.1) is 0 Å². The molecule has 16 heavy (non-hydrogen) atoms. The largest absolute Gasteiger partial charge is 0.508 e. The predicted octanol–water partition coefficient (Wildman–Crippen LogP) is 1.75. The Kier molecular flexibility index (Phi) is 3.80. The third kappa shape index (κ3) is 2.54. The maximum Gasteiger partial charge on any atom is 0.115 e. The maximum absolute atomic E-state index is 9.30. The van der Waals surface area contributed by atoms with Gasteiger partial charge in [0.1, 0.15) is 5.75 Å². The molecule has 3 heteroatoms. The molecule has 0 radical (unpaired) electrons. The van der Waals surface area contributed by atoms with Crippen molar-refractivity contribution in [3.63, 3.8) is 0 Å². The monoisotopic (exact) mass is 220 g/mol. The van der Waals surface area contributed by atoms with E-state index in [0.29, 0.717) is 11.8 Å². The molecule has 1 saturated heterocycles. The van der Waals surface area contributed by atoms with Crippen LogP contribution < -0.4 is 5.32 Å². The van der Waals surface area contributed by atoms with Crippen LogP contribution in [-0.4, -0.2) is 36.2 Å². The van der Waals surface area contributed by atoms with Crippen LogP contribution in [0.1, 0.15) is 24.9 Å². The van der Waals surface area contributed by atoms with Crippen molar-refractivity contribution in [3.8, 4) is 5.75 Å². The van der Waals surface area contributed by atoms with E-state index >= 15 is 0 Å². The van der Waals surface area contributed by atoms with Crippen LogP contribution in [0, 0.1) is 0 Å². The second-order valence-electron chi connectivity index (χ2n) is 4.30. The van der Waals surface area contributed by atoms with Crippen molar-refractivity contribution >= 4 is 0 Å². The van der Waals surface area contributed by atoms with Crippen molar-refractivity contribution < 1.29 is 5.11 Å². The topological polar surface area (TPSA) is 35.5 Å². The van der Waals surface area contributed by atoms with E-state index in [0.717, 1.165) is 32.6 Å². The lowest BCUT2D eigenvalue weighted by atomic mass is 10.0. The number of phenols is 1. The van der Waals surface area contributed by atoms with Crippen LogP contribution in [0.4, 0.5) is 0 Å². The number of hydrogen-bond donors (Lipinski definition) is 2. The van der Waals surface area contributed by atoms with E-state index in [-0.39, 0.29) is 0 Å². The normalized spacial score (nSPS) is 19.6. The fourth-order valence-electron chi connectivity index (χ4n) is 2.39. The Bertz CT molecular complexity index is 317. The van der Waals surface area contributed by atoms with Crippen LogP contribution in [0.2, 0.25) is 0 Å². The summed E-state index contributed by atoms with van der Waals surface area (Å²) in [6.07, 6.45) is 1.12. The first kappa shape index (κ1) is 11.4. The van der Waals surface area contributed by atoms with Crippen LogP contribution in [0.15, 0.2) is 24.3 Å². The van der Waals surface area contributed by atoms with E-state index in [4.69, 9.17) is 0 Å². The summed E-state index contributed by atoms with van der Waals surface area (Å²) in [6.45, 7) is 6.60. The fraction of sp³-hybridized carbons (Fsp3) is 0.538. The molecule has 88 valence electrons. The average molecular weight is 220 g/mol. The van der Waals surface area contributed by atoms with E-state index in [1.807, 2.05) is 12.1 Å². The first-order valence-electron chi connectivity index (χ1n) is 6.05. The first-order valence-corrected chi connectivity index (χ1v) is 6.05. The molecule has 0 bridgehead atoms. The summed E-state index contributed by atoms with van der Waals surface area (Å²) >= 11 is 0. The molecule has 1 fully saturated rings. The molecule has 1 atom stereocenters. The number of rotatable bonds is 3. The summed E-state index contributed by atoms with van der Waals surface area (Å²) in [5.74, 6) is 0.346. The van der Waals surface area contributed by atoms with Crippen molar-refractivity contribution in [1.82, 2.24) is 10.2 Å². The zero-order valence-corrected chi connectivity index (χ0v) is 9.82. The molecule has 0 aliphatic carbocycles. The van der Waals surface area contributed by atoms with Gasteiger partial charge in [-0.05, 0) is 24.1 Å². The van der Waals surface area contributed by atoms with E-state index in [9.17, 15) is 5.11 Å². The van der Waals surface area contributed by atoms with Gasteiger partial charge in [-0.3, -0.25) is 4.90 Å². The van der Waals surface area contributed by atoms with Gasteiger partial charge < -0.3 is 10.4 Å². The number of benzene rings is 1. The Balaban J connectivity index is 2.11. The Hall–Kier alpha value is -1.06. The Morgan fingerprint density at radius 3 is 2.44 bits per heavy atom. The summed E-state index contributed by atoms with van der Waals surface area (Å²) in [6, 6.07) is 8.11. The van der Waals surface area contributed by atoms with Gasteiger partial charge in [0.2, 0.25) is 0 Å². The SMILES string of the molecule is CC[C@H](c1ccc(O)cc1)N1CCNCC1. The van der Waals surface area contributed by atoms with Crippen LogP contribution in [0.25, 0.3) is 0 Å². The van der Waals surface area contributed by atoms with Crippen molar-refractivity contribution in [2.45, 2.75) is 19.4 Å². The van der Waals surface area contributed by atoms with Gasteiger partial charge in [-0.2, -0.15) is 0 Å². The molecule has 1 aromatic carbocycles. The standard InChI is InChI=1S/C13H20N2O/c1-2-13(15-9-7-14-8-10-15)11-3-5-12(16)6-4-11/h3-6,13-14,16H,2,7-10H2,1H3/t13-/m1/s1. The van der Waals surface area contributed by atoms with Gasteiger partial charge in [-0.15, -0.1) is 0 Å². The Labute approximate surface area is 97.1 Å². The quantitative estimate of drug-likeness (QED) is 0.814. The molecule has 0 unspecified atom stereocenters. The summed E-state index contributed by atoms with van der Waals surface area (Å²) in [7, 11) is 0. The van der Waals surface area contributed by atoms with Crippen LogP contribution in [-0.2, 0) is 0 Å². The van der Waals surface area contributed by atoms with Gasteiger partial charge in [0.25, 0.3) is 0 Å². The number of piperazine rings is 1. The molecule has 2 N–H and O–H groups in total. The minimum Gasteiger partial charge on any atom is -0.508 e. The van der Waals surface area contributed by atoms with E-state index in [1.54, 1.807) is 12.1 Å². The highest BCUT2D eigenvalue weighted by Crippen LogP contribution is 2.25. The van der Waals surface area contributed by atoms with Crippen molar-refractivity contribution in [2.75, 3.05) is 26.2 Å². The number of nitrogens with one attached hydrogen (secondary N) is 1.